The number of likely N-dealkylation sites (tertiary alicyclic amines) is 1. The number of hydrogen-bond acceptors (Lipinski definition) is 6. The molecule has 1 fully saturated rings. The van der Waals surface area contributed by atoms with Crippen LogP contribution in [0.25, 0.3) is 11.3 Å². The molecule has 4 rings (SSSR count). The van der Waals surface area contributed by atoms with Gasteiger partial charge < -0.3 is 19.7 Å². The van der Waals surface area contributed by atoms with Crippen LogP contribution < -0.4 is 14.8 Å². The van der Waals surface area contributed by atoms with Crippen LogP contribution in [0, 0.1) is 0 Å². The number of hydrogen-bond donors (Lipinski definition) is 1. The molecule has 0 saturated carbocycles. The lowest BCUT2D eigenvalue weighted by Crippen LogP contribution is -2.30. The molecule has 1 aromatic heterocycles. The summed E-state index contributed by atoms with van der Waals surface area (Å²) in [6.07, 6.45) is 10.8. The molecule has 0 amide bonds. The Labute approximate surface area is 209 Å². The Morgan fingerprint density at radius 1 is 0.971 bits per heavy atom. The van der Waals surface area contributed by atoms with Gasteiger partial charge in [0.15, 0.2) is 11.5 Å². The second-order valence-corrected chi connectivity index (χ2v) is 9.13. The minimum atomic E-state index is 0.181. The predicted octanol–water partition coefficient (Wildman–Crippen LogP) is 6.36. The van der Waals surface area contributed by atoms with Crippen molar-refractivity contribution in [1.29, 1.82) is 0 Å². The summed E-state index contributed by atoms with van der Waals surface area (Å²) in [5.41, 5.74) is 2.98. The highest BCUT2D eigenvalue weighted by Crippen LogP contribution is 2.32. The summed E-state index contributed by atoms with van der Waals surface area (Å²) in [6, 6.07) is 16.6. The molecule has 6 heteroatoms. The van der Waals surface area contributed by atoms with E-state index >= 15 is 0 Å². The first-order valence-corrected chi connectivity index (χ1v) is 12.9. The molecular weight excluding hydrogens is 436 g/mol. The maximum absolute atomic E-state index is 6.06. The lowest BCUT2D eigenvalue weighted by molar-refractivity contribution is 0.214. The zero-order valence-corrected chi connectivity index (χ0v) is 21.1. The minimum absolute atomic E-state index is 0.181. The molecule has 1 aliphatic heterocycles. The van der Waals surface area contributed by atoms with Crippen molar-refractivity contribution in [3.63, 3.8) is 0 Å². The zero-order chi connectivity index (χ0) is 24.3. The molecule has 186 valence electrons. The van der Waals surface area contributed by atoms with E-state index < -0.39 is 0 Å². The van der Waals surface area contributed by atoms with E-state index in [9.17, 15) is 0 Å². The van der Waals surface area contributed by atoms with Gasteiger partial charge >= 0.3 is 0 Å². The lowest BCUT2D eigenvalue weighted by atomic mass is 10.0. The van der Waals surface area contributed by atoms with Crippen LogP contribution in [-0.4, -0.2) is 48.2 Å². The van der Waals surface area contributed by atoms with Gasteiger partial charge in [-0.05, 0) is 75.5 Å². The smallest absolute Gasteiger partial charge is 0.161 e. The van der Waals surface area contributed by atoms with Gasteiger partial charge in [-0.15, -0.1) is 0 Å². The molecule has 0 bridgehead atoms. The molecule has 1 unspecified atom stereocenters. The first kappa shape index (κ1) is 25.0. The SMILES string of the molecule is CCC(Nc1cncc(-c2ccc(OCCCCN3CCCCC3)c(OC)c2)n1)c1ccccc1. The number of methoxy groups -OCH3 is 1. The number of ether oxygens (including phenoxy) is 2. The Morgan fingerprint density at radius 3 is 2.57 bits per heavy atom. The van der Waals surface area contributed by atoms with E-state index in [4.69, 9.17) is 14.5 Å². The van der Waals surface area contributed by atoms with Crippen molar-refractivity contribution in [2.75, 3.05) is 38.7 Å². The summed E-state index contributed by atoms with van der Waals surface area (Å²) in [5, 5.41) is 3.53. The summed E-state index contributed by atoms with van der Waals surface area (Å²) >= 11 is 0. The van der Waals surface area contributed by atoms with Crippen LogP contribution in [0.3, 0.4) is 0 Å². The highest BCUT2D eigenvalue weighted by atomic mass is 16.5. The monoisotopic (exact) mass is 474 g/mol. The van der Waals surface area contributed by atoms with E-state index in [0.29, 0.717) is 6.61 Å². The van der Waals surface area contributed by atoms with Gasteiger partial charge in [0.1, 0.15) is 5.82 Å². The second kappa shape index (κ2) is 13.1. The summed E-state index contributed by atoms with van der Waals surface area (Å²) < 4.78 is 11.7. The highest BCUT2D eigenvalue weighted by molar-refractivity contribution is 5.64. The van der Waals surface area contributed by atoms with Gasteiger partial charge in [0.2, 0.25) is 0 Å². The Morgan fingerprint density at radius 2 is 1.80 bits per heavy atom. The van der Waals surface area contributed by atoms with E-state index in [2.05, 4.69) is 46.4 Å². The van der Waals surface area contributed by atoms with Crippen LogP contribution in [0.15, 0.2) is 60.9 Å². The number of anilines is 1. The van der Waals surface area contributed by atoms with Crippen molar-refractivity contribution < 1.29 is 9.47 Å². The van der Waals surface area contributed by atoms with E-state index in [1.165, 1.54) is 44.5 Å². The molecule has 0 radical (unpaired) electrons. The van der Waals surface area contributed by atoms with Gasteiger partial charge in [-0.25, -0.2) is 4.98 Å². The number of nitrogens with zero attached hydrogens (tertiary/aromatic N) is 3. The summed E-state index contributed by atoms with van der Waals surface area (Å²) in [7, 11) is 1.68. The van der Waals surface area contributed by atoms with E-state index in [1.54, 1.807) is 19.5 Å². The molecule has 3 aromatic rings. The molecule has 0 spiro atoms. The van der Waals surface area contributed by atoms with Crippen molar-refractivity contribution in [2.45, 2.75) is 51.5 Å². The molecule has 1 aliphatic rings. The van der Waals surface area contributed by atoms with Crippen LogP contribution in [0.5, 0.6) is 11.5 Å². The average Bonchev–Trinajstić information content (AvgIpc) is 2.93. The van der Waals surface area contributed by atoms with Crippen LogP contribution in [0.4, 0.5) is 5.82 Å². The third-order valence-electron chi connectivity index (χ3n) is 6.60. The molecule has 1 atom stereocenters. The molecule has 0 aliphatic carbocycles. The standard InChI is InChI=1S/C29H38N4O2/c1-3-25(23-12-6-4-7-13-23)31-29-22-30-21-26(32-29)24-14-15-27(28(20-24)34-2)35-19-11-10-18-33-16-8-5-9-17-33/h4,6-7,12-15,20-22,25H,3,5,8-11,16-19H2,1-2H3,(H,31,32). The molecular formula is C29H38N4O2. The molecule has 2 aromatic carbocycles. The van der Waals surface area contributed by atoms with Crippen molar-refractivity contribution in [2.24, 2.45) is 0 Å². The Kier molecular flexibility index (Phi) is 9.35. The van der Waals surface area contributed by atoms with Gasteiger partial charge in [-0.1, -0.05) is 43.7 Å². The summed E-state index contributed by atoms with van der Waals surface area (Å²) in [5.74, 6) is 2.24. The van der Waals surface area contributed by atoms with E-state index in [0.717, 1.165) is 47.8 Å². The van der Waals surface area contributed by atoms with E-state index in [1.807, 2.05) is 24.3 Å². The number of piperidine rings is 1. The molecule has 6 nitrogen and oxygen atoms in total. The van der Waals surface area contributed by atoms with Crippen LogP contribution in [-0.2, 0) is 0 Å². The molecule has 2 heterocycles. The second-order valence-electron chi connectivity index (χ2n) is 9.13. The first-order chi connectivity index (χ1) is 17.3. The van der Waals surface area contributed by atoms with Crippen LogP contribution in [0.2, 0.25) is 0 Å². The number of nitrogens with one attached hydrogen (secondary N) is 1. The number of aromatic nitrogens is 2. The van der Waals surface area contributed by atoms with Gasteiger partial charge in [0.05, 0.1) is 37.8 Å². The molecule has 1 saturated heterocycles. The Bertz CT molecular complexity index is 1040. The van der Waals surface area contributed by atoms with Crippen molar-refractivity contribution >= 4 is 5.82 Å². The van der Waals surface area contributed by atoms with Crippen LogP contribution >= 0.6 is 0 Å². The van der Waals surface area contributed by atoms with Crippen molar-refractivity contribution in [3.05, 3.63) is 66.5 Å². The van der Waals surface area contributed by atoms with E-state index in [-0.39, 0.29) is 6.04 Å². The molecule has 1 N–H and O–H groups in total. The number of rotatable bonds is 12. The van der Waals surface area contributed by atoms with Crippen molar-refractivity contribution in [1.82, 2.24) is 14.9 Å². The third kappa shape index (κ3) is 7.18. The molecule has 35 heavy (non-hydrogen) atoms. The van der Waals surface area contributed by atoms with Crippen LogP contribution in [0.1, 0.15) is 57.1 Å². The maximum atomic E-state index is 6.06. The predicted molar refractivity (Wildman–Crippen MR) is 142 cm³/mol. The fraction of sp³-hybridized carbons (Fsp3) is 0.448. The number of unbranched alkanes of at least 4 members (excludes halogenated alkanes) is 1. The zero-order valence-electron chi connectivity index (χ0n) is 21.1. The normalized spacial score (nSPS) is 14.9. The van der Waals surface area contributed by atoms with Gasteiger partial charge in [-0.3, -0.25) is 4.98 Å². The largest absolute Gasteiger partial charge is 0.493 e. The minimum Gasteiger partial charge on any atom is -0.493 e. The van der Waals surface area contributed by atoms with Gasteiger partial charge in [-0.2, -0.15) is 0 Å². The highest BCUT2D eigenvalue weighted by Gasteiger charge is 2.13. The summed E-state index contributed by atoms with van der Waals surface area (Å²) in [4.78, 5) is 11.8. The fourth-order valence-corrected chi connectivity index (χ4v) is 4.61. The Balaban J connectivity index is 1.35. The maximum Gasteiger partial charge on any atom is 0.161 e. The number of benzene rings is 2. The third-order valence-corrected chi connectivity index (χ3v) is 6.60. The van der Waals surface area contributed by atoms with Crippen molar-refractivity contribution in [3.8, 4) is 22.8 Å². The first-order valence-electron chi connectivity index (χ1n) is 12.9. The summed E-state index contributed by atoms with van der Waals surface area (Å²) in [6.45, 7) is 6.54. The fourth-order valence-electron chi connectivity index (χ4n) is 4.61. The topological polar surface area (TPSA) is 59.5 Å². The average molecular weight is 475 g/mol. The lowest BCUT2D eigenvalue weighted by Gasteiger charge is -2.26. The Hall–Kier alpha value is -3.12. The van der Waals surface area contributed by atoms with Gasteiger partial charge in [0.25, 0.3) is 0 Å². The van der Waals surface area contributed by atoms with Gasteiger partial charge in [0, 0.05) is 5.56 Å². The quantitative estimate of drug-likeness (QED) is 0.308.